The van der Waals surface area contributed by atoms with Crippen LogP contribution in [0.1, 0.15) is 41.6 Å². The van der Waals surface area contributed by atoms with Crippen molar-refractivity contribution in [1.29, 1.82) is 0 Å². The number of nitrogens with one attached hydrogen (secondary N) is 2. The molecule has 45 heavy (non-hydrogen) atoms. The summed E-state index contributed by atoms with van der Waals surface area (Å²) in [5, 5.41) is 6.89. The van der Waals surface area contributed by atoms with Crippen LogP contribution in [-0.4, -0.2) is 61.5 Å². The third-order valence-corrected chi connectivity index (χ3v) is 9.71. The summed E-state index contributed by atoms with van der Waals surface area (Å²) >= 11 is 0. The lowest BCUT2D eigenvalue weighted by Crippen LogP contribution is -2.34. The van der Waals surface area contributed by atoms with Crippen molar-refractivity contribution in [3.05, 3.63) is 82.3 Å². The van der Waals surface area contributed by atoms with Crippen LogP contribution in [0.15, 0.2) is 70.5 Å². The second-order valence-electron chi connectivity index (χ2n) is 11.5. The molecule has 1 saturated heterocycles. The van der Waals surface area contributed by atoms with Gasteiger partial charge in [0.2, 0.25) is 5.95 Å². The van der Waals surface area contributed by atoms with E-state index in [2.05, 4.69) is 26.5 Å². The first-order valence-electron chi connectivity index (χ1n) is 14.7. The summed E-state index contributed by atoms with van der Waals surface area (Å²) in [5.74, 6) is 2.25. The highest BCUT2D eigenvalue weighted by Crippen LogP contribution is 2.32. The molecular formula is C32H32F3N5O4S. The van der Waals surface area contributed by atoms with Crippen molar-refractivity contribution in [2.45, 2.75) is 49.4 Å². The monoisotopic (exact) mass is 639 g/mol. The largest absolute Gasteiger partial charge is 0.490 e. The molecule has 0 bridgehead atoms. The third kappa shape index (κ3) is 7.36. The van der Waals surface area contributed by atoms with Gasteiger partial charge in [-0.3, -0.25) is 18.4 Å². The molecule has 2 fully saturated rings. The molecule has 1 saturated carbocycles. The van der Waals surface area contributed by atoms with Crippen LogP contribution in [0.4, 0.5) is 24.8 Å². The van der Waals surface area contributed by atoms with Gasteiger partial charge in [-0.25, -0.2) is 4.98 Å². The predicted molar refractivity (Wildman–Crippen MR) is 167 cm³/mol. The van der Waals surface area contributed by atoms with Gasteiger partial charge in [-0.15, -0.1) is 0 Å². The Balaban J connectivity index is 1.32. The summed E-state index contributed by atoms with van der Waals surface area (Å²) in [6, 6.07) is 14.6. The number of Topliss-reactive ketones (excluding diaryl/α,β-unsaturated/α-hetero) is 1. The van der Waals surface area contributed by atoms with Gasteiger partial charge in [0.25, 0.3) is 5.56 Å². The van der Waals surface area contributed by atoms with Gasteiger partial charge in [0.15, 0.2) is 5.78 Å². The van der Waals surface area contributed by atoms with Crippen molar-refractivity contribution in [2.24, 2.45) is 5.92 Å². The van der Waals surface area contributed by atoms with E-state index in [0.717, 1.165) is 31.7 Å². The summed E-state index contributed by atoms with van der Waals surface area (Å²) < 4.78 is 59.5. The zero-order chi connectivity index (χ0) is 31.8. The van der Waals surface area contributed by atoms with Crippen molar-refractivity contribution in [3.63, 3.8) is 0 Å². The molecule has 1 atom stereocenters. The number of hydrogen-bond donors (Lipinski definition) is 2. The van der Waals surface area contributed by atoms with E-state index in [1.54, 1.807) is 6.07 Å². The molecule has 2 aromatic heterocycles. The fourth-order valence-corrected chi connectivity index (χ4v) is 6.75. The Morgan fingerprint density at radius 1 is 1.09 bits per heavy atom. The summed E-state index contributed by atoms with van der Waals surface area (Å²) in [5.41, 5.74) is 0.756. The van der Waals surface area contributed by atoms with E-state index in [-0.39, 0.29) is 46.4 Å². The van der Waals surface area contributed by atoms with Gasteiger partial charge < -0.3 is 15.4 Å². The molecule has 236 valence electrons. The first kappa shape index (κ1) is 30.8. The van der Waals surface area contributed by atoms with Crippen LogP contribution in [0.25, 0.3) is 11.0 Å². The van der Waals surface area contributed by atoms with Gasteiger partial charge in [0, 0.05) is 37.6 Å². The van der Waals surface area contributed by atoms with E-state index in [9.17, 15) is 27.0 Å². The number of hydrogen-bond acceptors (Lipinski definition) is 8. The number of alkyl halides is 3. The van der Waals surface area contributed by atoms with Crippen LogP contribution in [0.3, 0.4) is 0 Å². The molecule has 6 rings (SSSR count). The normalized spacial score (nSPS) is 17.1. The first-order chi connectivity index (χ1) is 21.4. The van der Waals surface area contributed by atoms with Gasteiger partial charge in [-0.05, 0) is 92.7 Å². The molecule has 3 heterocycles. The highest BCUT2D eigenvalue weighted by molar-refractivity contribution is 8.00. The topological polar surface area (TPSA) is 115 Å². The lowest BCUT2D eigenvalue weighted by Gasteiger charge is -2.23. The van der Waals surface area contributed by atoms with Gasteiger partial charge in [-0.2, -0.15) is 18.2 Å². The van der Waals surface area contributed by atoms with Crippen LogP contribution in [0, 0.1) is 5.92 Å². The van der Waals surface area contributed by atoms with Crippen molar-refractivity contribution in [2.75, 3.05) is 24.2 Å². The number of pyridine rings is 1. The minimum Gasteiger partial charge on any atom is -0.490 e. The molecule has 13 heteroatoms. The molecule has 1 aliphatic heterocycles. The molecule has 0 spiro atoms. The minimum absolute atomic E-state index is 0.00725. The number of ketones is 1. The summed E-state index contributed by atoms with van der Waals surface area (Å²) in [4.78, 5) is 35.7. The smallest absolute Gasteiger partial charge is 0.400 e. The molecule has 2 N–H and O–H groups in total. The Bertz CT molecular complexity index is 1900. The Kier molecular flexibility index (Phi) is 8.40. The second kappa shape index (κ2) is 12.3. The van der Waals surface area contributed by atoms with E-state index in [1.807, 2.05) is 24.3 Å². The molecule has 1 aliphatic carbocycles. The number of ether oxygens (including phenoxy) is 1. The number of halogens is 3. The number of rotatable bonds is 10. The van der Waals surface area contributed by atoms with E-state index < -0.39 is 27.0 Å². The Morgan fingerprint density at radius 2 is 1.82 bits per heavy atom. The number of carbonyl (C=O) groups excluding carboxylic acids is 1. The maximum absolute atomic E-state index is 13.7. The fraction of sp³-hybridized carbons (Fsp3) is 0.344. The Hall–Kier alpha value is -4.23. The summed E-state index contributed by atoms with van der Waals surface area (Å²) in [6.45, 7) is 1.71. The molecule has 0 radical (unpaired) electrons. The van der Waals surface area contributed by atoms with Crippen molar-refractivity contribution >= 4 is 43.8 Å². The number of nitrogens with zero attached hydrogens (tertiary/aromatic N) is 3. The van der Waals surface area contributed by atoms with E-state index in [1.165, 1.54) is 35.0 Å². The van der Waals surface area contributed by atoms with Gasteiger partial charge in [-0.1, -0.05) is 12.1 Å². The standard InChI is InChI=1S/C32H32F3N5O4S/c1-45(43,19-32(33,34)35)26-4-2-3-20(15-26)18-40-29-22(16-27(30(40)42)28(41)21-5-6-21)17-37-31(39-29)38-23-7-9-24(10-8-23)44-25-11-13-36-14-12-25/h2-4,7-10,15-17,21,25,36H,1,5-6,11-14,18-19H2,(H,37,38,39). The number of piperidine rings is 1. The zero-order valence-electron chi connectivity index (χ0n) is 24.3. The molecule has 4 aromatic rings. The number of benzene rings is 2. The zero-order valence-corrected chi connectivity index (χ0v) is 25.1. The average molecular weight is 640 g/mol. The second-order valence-corrected chi connectivity index (χ2v) is 13.9. The van der Waals surface area contributed by atoms with Crippen LogP contribution in [-0.2, 0) is 16.1 Å². The van der Waals surface area contributed by atoms with Gasteiger partial charge >= 0.3 is 6.18 Å². The van der Waals surface area contributed by atoms with Gasteiger partial charge in [0.1, 0.15) is 23.3 Å². The summed E-state index contributed by atoms with van der Waals surface area (Å²) in [7, 11) is -3.68. The lowest BCUT2D eigenvalue weighted by atomic mass is 10.1. The van der Waals surface area contributed by atoms with Crippen molar-refractivity contribution in [3.8, 4) is 5.75 Å². The molecule has 2 aromatic carbocycles. The quantitative estimate of drug-likeness (QED) is 0.185. The maximum atomic E-state index is 13.7. The number of fused-ring (bicyclic) bond motifs is 1. The molecule has 1 unspecified atom stereocenters. The number of aromatic nitrogens is 3. The average Bonchev–Trinajstić information content (AvgIpc) is 3.85. The first-order valence-corrected chi connectivity index (χ1v) is 16.5. The highest BCUT2D eigenvalue weighted by atomic mass is 32.2. The molecule has 9 nitrogen and oxygen atoms in total. The van der Waals surface area contributed by atoms with Crippen LogP contribution >= 0.6 is 0 Å². The predicted octanol–water partition coefficient (Wildman–Crippen LogP) is 4.94. The maximum Gasteiger partial charge on any atom is 0.400 e. The Labute approximate surface area is 257 Å². The van der Waals surface area contributed by atoms with E-state index in [0.29, 0.717) is 29.5 Å². The number of carbonyl (C=O) groups is 1. The fourth-order valence-electron chi connectivity index (χ4n) is 5.37. The lowest BCUT2D eigenvalue weighted by molar-refractivity contribution is -0.105. The van der Waals surface area contributed by atoms with Gasteiger partial charge in [0.05, 0.1) is 12.1 Å². The minimum atomic E-state index is -4.67. The third-order valence-electron chi connectivity index (χ3n) is 7.81. The van der Waals surface area contributed by atoms with E-state index in [4.69, 9.17) is 4.74 Å². The van der Waals surface area contributed by atoms with Crippen molar-refractivity contribution in [1.82, 2.24) is 19.9 Å². The van der Waals surface area contributed by atoms with Crippen LogP contribution in [0.5, 0.6) is 5.75 Å². The van der Waals surface area contributed by atoms with Crippen LogP contribution in [0.2, 0.25) is 0 Å². The van der Waals surface area contributed by atoms with E-state index >= 15 is 0 Å². The summed E-state index contributed by atoms with van der Waals surface area (Å²) in [6.07, 6.45) is 0.293. The molecule has 0 amide bonds. The molecule has 2 aliphatic rings. The Morgan fingerprint density at radius 3 is 2.51 bits per heavy atom. The SMILES string of the molecule is C=S(=O)(CC(F)(F)F)c1cccc(Cn2c(=O)c(C(=O)C3CC3)cc3cnc(Nc4ccc(OC5CCNCC5)cc4)nc32)c1. The highest BCUT2D eigenvalue weighted by Gasteiger charge is 2.34. The molecular weight excluding hydrogens is 607 g/mol. The van der Waals surface area contributed by atoms with Crippen molar-refractivity contribution < 1.29 is 26.9 Å². The number of anilines is 2. The van der Waals surface area contributed by atoms with Crippen LogP contribution < -0.4 is 20.9 Å².